The summed E-state index contributed by atoms with van der Waals surface area (Å²) < 4.78 is 5.25. The lowest BCUT2D eigenvalue weighted by Gasteiger charge is -2.29. The number of nitrogens with one attached hydrogen (secondary N) is 1. The molecule has 5 heteroatoms. The standard InChI is InChI=1S/C29H27N3O2/c1-34-27-17-15-23(16-18-27)24-10-8-9-22(19-24)20-31-28(33)29(32-21-30,25-11-4-2-5-12-25)26-13-6-3-7-14-26/h2-19,21H,20H2,1H3,(H2,30,32)(H,31,33). The first-order valence-electron chi connectivity index (χ1n) is 11.1. The maximum absolute atomic E-state index is 13.8. The topological polar surface area (TPSA) is 76.7 Å². The molecule has 0 aliphatic rings. The Balaban J connectivity index is 1.63. The first kappa shape index (κ1) is 22.8. The summed E-state index contributed by atoms with van der Waals surface area (Å²) in [4.78, 5) is 18.3. The van der Waals surface area contributed by atoms with Gasteiger partial charge in [0, 0.05) is 6.54 Å². The maximum Gasteiger partial charge on any atom is 0.257 e. The summed E-state index contributed by atoms with van der Waals surface area (Å²) in [5.41, 5.74) is 9.07. The minimum absolute atomic E-state index is 0.249. The second kappa shape index (κ2) is 10.5. The van der Waals surface area contributed by atoms with E-state index in [0.717, 1.165) is 33.6 Å². The molecule has 5 nitrogen and oxygen atoms in total. The molecule has 34 heavy (non-hydrogen) atoms. The first-order chi connectivity index (χ1) is 16.7. The van der Waals surface area contributed by atoms with Gasteiger partial charge < -0.3 is 15.8 Å². The van der Waals surface area contributed by atoms with Crippen molar-refractivity contribution in [3.8, 4) is 16.9 Å². The van der Waals surface area contributed by atoms with Crippen molar-refractivity contribution in [1.82, 2.24) is 5.32 Å². The fraction of sp³-hybridized carbons (Fsp3) is 0.103. The van der Waals surface area contributed by atoms with Crippen molar-refractivity contribution in [3.05, 3.63) is 126 Å². The fourth-order valence-electron chi connectivity index (χ4n) is 4.06. The third kappa shape index (κ3) is 4.69. The molecule has 0 aliphatic carbocycles. The zero-order chi connectivity index (χ0) is 23.8. The van der Waals surface area contributed by atoms with Gasteiger partial charge in [-0.25, -0.2) is 4.99 Å². The third-order valence-electron chi connectivity index (χ3n) is 5.78. The monoisotopic (exact) mass is 449 g/mol. The van der Waals surface area contributed by atoms with Gasteiger partial charge in [-0.15, -0.1) is 0 Å². The van der Waals surface area contributed by atoms with Crippen LogP contribution >= 0.6 is 0 Å². The average molecular weight is 450 g/mol. The second-order valence-corrected chi connectivity index (χ2v) is 7.83. The predicted octanol–water partition coefficient (Wildman–Crippen LogP) is 4.91. The van der Waals surface area contributed by atoms with E-state index in [-0.39, 0.29) is 5.91 Å². The molecule has 4 aromatic carbocycles. The summed E-state index contributed by atoms with van der Waals surface area (Å²) in [5.74, 6) is 0.562. The Labute approximate surface area is 199 Å². The van der Waals surface area contributed by atoms with Gasteiger partial charge in [0.05, 0.1) is 13.4 Å². The van der Waals surface area contributed by atoms with Gasteiger partial charge in [0.15, 0.2) is 5.54 Å². The molecule has 0 fully saturated rings. The van der Waals surface area contributed by atoms with Gasteiger partial charge in [-0.3, -0.25) is 4.79 Å². The Morgan fingerprint density at radius 2 is 1.47 bits per heavy atom. The van der Waals surface area contributed by atoms with Crippen molar-refractivity contribution in [3.63, 3.8) is 0 Å². The van der Waals surface area contributed by atoms with E-state index in [2.05, 4.69) is 16.4 Å². The number of hydrogen-bond acceptors (Lipinski definition) is 3. The molecule has 0 radical (unpaired) electrons. The van der Waals surface area contributed by atoms with Crippen LogP contribution in [0.4, 0.5) is 0 Å². The number of rotatable bonds is 8. The molecule has 4 rings (SSSR count). The van der Waals surface area contributed by atoms with Gasteiger partial charge in [0.2, 0.25) is 0 Å². The number of ether oxygens (including phenoxy) is 1. The Morgan fingerprint density at radius 3 is 2.03 bits per heavy atom. The van der Waals surface area contributed by atoms with Crippen LogP contribution in [0.3, 0.4) is 0 Å². The Hall–Kier alpha value is -4.38. The molecule has 1 amide bonds. The number of carbonyl (C=O) groups is 1. The van der Waals surface area contributed by atoms with Crippen LogP contribution in [0.1, 0.15) is 16.7 Å². The van der Waals surface area contributed by atoms with E-state index in [1.807, 2.05) is 103 Å². The fourth-order valence-corrected chi connectivity index (χ4v) is 4.06. The number of carbonyl (C=O) groups excluding carboxylic acids is 1. The molecule has 170 valence electrons. The van der Waals surface area contributed by atoms with Crippen LogP contribution in [0.2, 0.25) is 0 Å². The molecule has 0 bridgehead atoms. The van der Waals surface area contributed by atoms with E-state index in [9.17, 15) is 4.79 Å². The van der Waals surface area contributed by atoms with Crippen LogP contribution in [0.25, 0.3) is 11.1 Å². The van der Waals surface area contributed by atoms with Crippen LogP contribution in [-0.4, -0.2) is 19.4 Å². The summed E-state index contributed by atoms with van der Waals surface area (Å²) in [6.07, 6.45) is 1.20. The SMILES string of the molecule is COc1ccc(-c2cccc(CNC(=O)C(N=CN)(c3ccccc3)c3ccccc3)c2)cc1. The molecule has 3 N–H and O–H groups in total. The molecule has 0 atom stereocenters. The van der Waals surface area contributed by atoms with E-state index < -0.39 is 5.54 Å². The smallest absolute Gasteiger partial charge is 0.257 e. The lowest BCUT2D eigenvalue weighted by molar-refractivity contribution is -0.125. The molecule has 0 aliphatic heterocycles. The highest BCUT2D eigenvalue weighted by Gasteiger charge is 2.41. The lowest BCUT2D eigenvalue weighted by atomic mass is 9.82. The van der Waals surface area contributed by atoms with Crippen LogP contribution < -0.4 is 15.8 Å². The molecule has 0 saturated heterocycles. The largest absolute Gasteiger partial charge is 0.497 e. The lowest BCUT2D eigenvalue weighted by Crippen LogP contribution is -2.44. The highest BCUT2D eigenvalue weighted by molar-refractivity contribution is 5.93. The van der Waals surface area contributed by atoms with Gasteiger partial charge >= 0.3 is 0 Å². The minimum Gasteiger partial charge on any atom is -0.497 e. The van der Waals surface area contributed by atoms with Crippen molar-refractivity contribution >= 4 is 12.2 Å². The molecule has 0 saturated carbocycles. The van der Waals surface area contributed by atoms with Crippen molar-refractivity contribution < 1.29 is 9.53 Å². The summed E-state index contributed by atoms with van der Waals surface area (Å²) >= 11 is 0. The molecule has 0 unspecified atom stereocenters. The van der Waals surface area contributed by atoms with Gasteiger partial charge in [0.1, 0.15) is 5.75 Å². The highest BCUT2D eigenvalue weighted by Crippen LogP contribution is 2.34. The van der Waals surface area contributed by atoms with E-state index in [1.54, 1.807) is 7.11 Å². The number of amides is 1. The van der Waals surface area contributed by atoms with Crippen LogP contribution in [0.15, 0.2) is 114 Å². The minimum atomic E-state index is -1.29. The van der Waals surface area contributed by atoms with E-state index in [0.29, 0.717) is 6.54 Å². The van der Waals surface area contributed by atoms with Crippen LogP contribution in [0, 0.1) is 0 Å². The number of nitrogens with zero attached hydrogens (tertiary/aromatic N) is 1. The van der Waals surface area contributed by atoms with Crippen LogP contribution in [-0.2, 0) is 16.9 Å². The average Bonchev–Trinajstić information content (AvgIpc) is 2.91. The first-order valence-corrected chi connectivity index (χ1v) is 11.1. The Bertz CT molecular complexity index is 1210. The van der Waals surface area contributed by atoms with Crippen LogP contribution in [0.5, 0.6) is 5.75 Å². The maximum atomic E-state index is 13.8. The van der Waals surface area contributed by atoms with Gasteiger partial charge in [0.25, 0.3) is 5.91 Å². The Kier molecular flexibility index (Phi) is 7.04. The van der Waals surface area contributed by atoms with Crippen molar-refractivity contribution in [1.29, 1.82) is 0 Å². The molecule has 0 heterocycles. The quantitative estimate of drug-likeness (QED) is 0.296. The van der Waals surface area contributed by atoms with Gasteiger partial charge in [-0.05, 0) is 46.0 Å². The predicted molar refractivity (Wildman–Crippen MR) is 137 cm³/mol. The Morgan fingerprint density at radius 1 is 0.853 bits per heavy atom. The summed E-state index contributed by atoms with van der Waals surface area (Å²) in [6, 6.07) is 35.0. The number of aliphatic imine (C=N–C) groups is 1. The summed E-state index contributed by atoms with van der Waals surface area (Å²) in [6.45, 7) is 0.352. The highest BCUT2D eigenvalue weighted by atomic mass is 16.5. The van der Waals surface area contributed by atoms with E-state index in [4.69, 9.17) is 10.5 Å². The van der Waals surface area contributed by atoms with Crippen molar-refractivity contribution in [2.24, 2.45) is 10.7 Å². The number of hydrogen-bond donors (Lipinski definition) is 2. The second-order valence-electron chi connectivity index (χ2n) is 7.83. The van der Waals surface area contributed by atoms with Crippen molar-refractivity contribution in [2.45, 2.75) is 12.1 Å². The molecule has 4 aromatic rings. The number of methoxy groups -OCH3 is 1. The third-order valence-corrected chi connectivity index (χ3v) is 5.78. The molecule has 0 spiro atoms. The zero-order valence-electron chi connectivity index (χ0n) is 19.0. The number of benzene rings is 4. The number of nitrogens with two attached hydrogens (primary N) is 1. The van der Waals surface area contributed by atoms with E-state index in [1.165, 1.54) is 6.34 Å². The molecular formula is C29H27N3O2. The van der Waals surface area contributed by atoms with Gasteiger partial charge in [-0.2, -0.15) is 0 Å². The normalized spacial score (nSPS) is 11.3. The van der Waals surface area contributed by atoms with E-state index >= 15 is 0 Å². The molecule has 0 aromatic heterocycles. The van der Waals surface area contributed by atoms with Crippen molar-refractivity contribution in [2.75, 3.05) is 7.11 Å². The molecular weight excluding hydrogens is 422 g/mol. The van der Waals surface area contributed by atoms with Gasteiger partial charge in [-0.1, -0.05) is 91.0 Å². The summed E-state index contributed by atoms with van der Waals surface area (Å²) in [7, 11) is 1.65. The zero-order valence-corrected chi connectivity index (χ0v) is 19.0. The summed E-state index contributed by atoms with van der Waals surface area (Å²) in [5, 5.41) is 3.09.